The maximum absolute atomic E-state index is 12.2. The van der Waals surface area contributed by atoms with Crippen molar-refractivity contribution in [1.82, 2.24) is 4.98 Å². The Labute approximate surface area is 125 Å². The van der Waals surface area contributed by atoms with E-state index >= 15 is 0 Å². The van der Waals surface area contributed by atoms with Crippen molar-refractivity contribution in [2.24, 2.45) is 0 Å². The van der Waals surface area contributed by atoms with Crippen LogP contribution in [-0.4, -0.2) is 31.5 Å². The highest BCUT2D eigenvalue weighted by atomic mass is 16.1. The lowest BCUT2D eigenvalue weighted by atomic mass is 10.2. The quantitative estimate of drug-likeness (QED) is 0.886. The lowest BCUT2D eigenvalue weighted by molar-refractivity contribution is 0.102. The Bertz CT molecular complexity index is 608. The van der Waals surface area contributed by atoms with Crippen LogP contribution in [0.1, 0.15) is 17.4 Å². The highest BCUT2D eigenvalue weighted by Crippen LogP contribution is 2.23. The number of nitrogens with one attached hydrogen (secondary N) is 2. The van der Waals surface area contributed by atoms with Gasteiger partial charge in [0, 0.05) is 20.6 Å². The summed E-state index contributed by atoms with van der Waals surface area (Å²) in [6, 6.07) is 11.2. The average molecular weight is 284 g/mol. The molecule has 1 heterocycles. The molecule has 110 valence electrons. The van der Waals surface area contributed by atoms with Crippen molar-refractivity contribution in [3.8, 4) is 0 Å². The molecule has 21 heavy (non-hydrogen) atoms. The smallest absolute Gasteiger partial charge is 0.274 e. The minimum absolute atomic E-state index is 0.215. The molecule has 1 aromatic heterocycles. The number of para-hydroxylation sites is 2. The van der Waals surface area contributed by atoms with E-state index in [0.717, 1.165) is 23.6 Å². The molecular formula is C16H20N4O. The van der Waals surface area contributed by atoms with Crippen molar-refractivity contribution >= 4 is 23.0 Å². The molecule has 0 aliphatic rings. The first-order chi connectivity index (χ1) is 10.1. The van der Waals surface area contributed by atoms with Crippen LogP contribution in [0.25, 0.3) is 0 Å². The maximum Gasteiger partial charge on any atom is 0.274 e. The third-order valence-electron chi connectivity index (χ3n) is 3.01. The highest BCUT2D eigenvalue weighted by molar-refractivity contribution is 6.04. The van der Waals surface area contributed by atoms with Crippen LogP contribution in [0, 0.1) is 0 Å². The Balaban J connectivity index is 2.14. The number of nitrogens with zero attached hydrogens (tertiary/aromatic N) is 2. The predicted molar refractivity (Wildman–Crippen MR) is 87.1 cm³/mol. The van der Waals surface area contributed by atoms with Gasteiger partial charge in [-0.2, -0.15) is 0 Å². The highest BCUT2D eigenvalue weighted by Gasteiger charge is 2.10. The van der Waals surface area contributed by atoms with Gasteiger partial charge in [-0.3, -0.25) is 4.79 Å². The van der Waals surface area contributed by atoms with Gasteiger partial charge in [0.05, 0.1) is 23.3 Å². The van der Waals surface area contributed by atoms with Gasteiger partial charge in [-0.25, -0.2) is 4.98 Å². The van der Waals surface area contributed by atoms with Gasteiger partial charge in [0.25, 0.3) is 5.91 Å². The first kappa shape index (κ1) is 14.8. The number of amides is 1. The van der Waals surface area contributed by atoms with Crippen molar-refractivity contribution in [2.75, 3.05) is 36.2 Å². The van der Waals surface area contributed by atoms with E-state index in [-0.39, 0.29) is 5.91 Å². The van der Waals surface area contributed by atoms with Crippen LogP contribution < -0.4 is 15.5 Å². The Morgan fingerprint density at radius 2 is 1.95 bits per heavy atom. The summed E-state index contributed by atoms with van der Waals surface area (Å²) in [4.78, 5) is 18.4. The second-order valence-electron chi connectivity index (χ2n) is 4.83. The lowest BCUT2D eigenvalue weighted by Crippen LogP contribution is -2.17. The molecule has 1 amide bonds. The Hall–Kier alpha value is -2.56. The Morgan fingerprint density at radius 3 is 2.57 bits per heavy atom. The third kappa shape index (κ3) is 3.72. The molecule has 0 unspecified atom stereocenters. The minimum atomic E-state index is -0.215. The molecule has 0 aliphatic carbocycles. The van der Waals surface area contributed by atoms with Gasteiger partial charge in [0.15, 0.2) is 0 Å². The van der Waals surface area contributed by atoms with E-state index in [9.17, 15) is 4.79 Å². The van der Waals surface area contributed by atoms with Crippen LogP contribution in [0.15, 0.2) is 42.6 Å². The molecule has 2 rings (SSSR count). The van der Waals surface area contributed by atoms with Crippen molar-refractivity contribution < 1.29 is 4.79 Å². The largest absolute Gasteiger partial charge is 0.384 e. The predicted octanol–water partition coefficient (Wildman–Crippen LogP) is 2.83. The van der Waals surface area contributed by atoms with Crippen molar-refractivity contribution in [3.63, 3.8) is 0 Å². The number of hydrogen-bond donors (Lipinski definition) is 2. The number of anilines is 3. The number of benzene rings is 1. The topological polar surface area (TPSA) is 57.3 Å². The normalized spacial score (nSPS) is 10.0. The molecule has 1 aromatic carbocycles. The molecule has 0 aliphatic heterocycles. The van der Waals surface area contributed by atoms with E-state index in [4.69, 9.17) is 0 Å². The number of carbonyl (C=O) groups is 1. The van der Waals surface area contributed by atoms with Crippen LogP contribution in [0.4, 0.5) is 17.1 Å². The summed E-state index contributed by atoms with van der Waals surface area (Å²) >= 11 is 0. The zero-order valence-corrected chi connectivity index (χ0v) is 12.6. The van der Waals surface area contributed by atoms with Crippen LogP contribution in [0.3, 0.4) is 0 Å². The number of hydrogen-bond acceptors (Lipinski definition) is 4. The molecule has 0 spiro atoms. The van der Waals surface area contributed by atoms with Gasteiger partial charge in [-0.05, 0) is 31.2 Å². The maximum atomic E-state index is 12.2. The molecule has 0 radical (unpaired) electrons. The number of carbonyl (C=O) groups excluding carboxylic acids is 1. The van der Waals surface area contributed by atoms with E-state index < -0.39 is 0 Å². The van der Waals surface area contributed by atoms with Crippen LogP contribution in [0.2, 0.25) is 0 Å². The van der Waals surface area contributed by atoms with E-state index in [1.54, 1.807) is 12.3 Å². The minimum Gasteiger partial charge on any atom is -0.384 e. The Kier molecular flexibility index (Phi) is 4.77. The molecule has 2 N–H and O–H groups in total. The van der Waals surface area contributed by atoms with Gasteiger partial charge in [-0.1, -0.05) is 12.1 Å². The van der Waals surface area contributed by atoms with Gasteiger partial charge < -0.3 is 15.5 Å². The Morgan fingerprint density at radius 1 is 1.19 bits per heavy atom. The molecule has 0 atom stereocenters. The zero-order chi connectivity index (χ0) is 15.2. The summed E-state index contributed by atoms with van der Waals surface area (Å²) < 4.78 is 0. The summed E-state index contributed by atoms with van der Waals surface area (Å²) in [5.74, 6) is -0.215. The average Bonchev–Trinajstić information content (AvgIpc) is 2.48. The fourth-order valence-corrected chi connectivity index (χ4v) is 1.99. The van der Waals surface area contributed by atoms with E-state index in [0.29, 0.717) is 5.69 Å². The van der Waals surface area contributed by atoms with E-state index in [2.05, 4.69) is 15.6 Å². The van der Waals surface area contributed by atoms with Gasteiger partial charge in [0.1, 0.15) is 5.69 Å². The third-order valence-corrected chi connectivity index (χ3v) is 3.01. The molecule has 0 bridgehead atoms. The first-order valence-corrected chi connectivity index (χ1v) is 6.89. The van der Waals surface area contributed by atoms with Crippen LogP contribution in [-0.2, 0) is 0 Å². The number of pyridine rings is 1. The van der Waals surface area contributed by atoms with Crippen molar-refractivity contribution in [3.05, 3.63) is 48.3 Å². The molecular weight excluding hydrogens is 264 g/mol. The fourth-order valence-electron chi connectivity index (χ4n) is 1.99. The SMILES string of the molecule is CCNc1ccc(C(=O)Nc2ccccc2N(C)C)nc1. The van der Waals surface area contributed by atoms with Gasteiger partial charge >= 0.3 is 0 Å². The van der Waals surface area contributed by atoms with Crippen LogP contribution in [0.5, 0.6) is 0 Å². The second kappa shape index (κ2) is 6.74. The molecule has 2 aromatic rings. The van der Waals surface area contributed by atoms with E-state index in [1.165, 1.54) is 0 Å². The fraction of sp³-hybridized carbons (Fsp3) is 0.250. The molecule has 0 saturated carbocycles. The van der Waals surface area contributed by atoms with Crippen molar-refractivity contribution in [1.29, 1.82) is 0 Å². The van der Waals surface area contributed by atoms with E-state index in [1.807, 2.05) is 56.3 Å². The first-order valence-electron chi connectivity index (χ1n) is 6.89. The van der Waals surface area contributed by atoms with Gasteiger partial charge in [-0.15, -0.1) is 0 Å². The second-order valence-corrected chi connectivity index (χ2v) is 4.83. The molecule has 5 nitrogen and oxygen atoms in total. The molecule has 0 saturated heterocycles. The molecule has 0 fully saturated rings. The molecule has 5 heteroatoms. The lowest BCUT2D eigenvalue weighted by Gasteiger charge is -2.17. The number of rotatable bonds is 5. The number of aromatic nitrogens is 1. The monoisotopic (exact) mass is 284 g/mol. The summed E-state index contributed by atoms with van der Waals surface area (Å²) in [6.45, 7) is 2.84. The summed E-state index contributed by atoms with van der Waals surface area (Å²) in [5, 5.41) is 6.04. The van der Waals surface area contributed by atoms with Crippen molar-refractivity contribution in [2.45, 2.75) is 6.92 Å². The summed E-state index contributed by atoms with van der Waals surface area (Å²) in [6.07, 6.45) is 1.66. The summed E-state index contributed by atoms with van der Waals surface area (Å²) in [7, 11) is 3.88. The van der Waals surface area contributed by atoms with Gasteiger partial charge in [0.2, 0.25) is 0 Å². The summed E-state index contributed by atoms with van der Waals surface area (Å²) in [5.41, 5.74) is 3.02. The zero-order valence-electron chi connectivity index (χ0n) is 12.6. The van der Waals surface area contributed by atoms with Crippen LogP contribution >= 0.6 is 0 Å². The standard InChI is InChI=1S/C16H20N4O/c1-4-17-12-9-10-14(18-11-12)16(21)19-13-7-5-6-8-15(13)20(2)3/h5-11,17H,4H2,1-3H3,(H,19,21).